The minimum atomic E-state index is -1.15. The summed E-state index contributed by atoms with van der Waals surface area (Å²) in [6.07, 6.45) is 1.30. The quantitative estimate of drug-likeness (QED) is 0.208. The van der Waals surface area contributed by atoms with Crippen molar-refractivity contribution in [2.75, 3.05) is 6.54 Å². The molecule has 0 fully saturated rings. The average Bonchev–Trinajstić information content (AvgIpc) is 2.90. The van der Waals surface area contributed by atoms with Gasteiger partial charge in [-0.3, -0.25) is 9.59 Å². The number of esters is 1. The lowest BCUT2D eigenvalue weighted by atomic mass is 9.97. The molecular formula is C36H51N3O6. The number of hydrogen-bond acceptors (Lipinski definition) is 6. The molecule has 3 amide bonds. The summed E-state index contributed by atoms with van der Waals surface area (Å²) < 4.78 is 11.1. The lowest BCUT2D eigenvalue weighted by molar-refractivity contribution is -0.159. The molecule has 0 aromatic heterocycles. The fourth-order valence-corrected chi connectivity index (χ4v) is 4.78. The van der Waals surface area contributed by atoms with Crippen molar-refractivity contribution in [1.29, 1.82) is 0 Å². The molecule has 2 aromatic rings. The van der Waals surface area contributed by atoms with E-state index in [1.165, 1.54) is 11.0 Å². The lowest BCUT2D eigenvalue weighted by Gasteiger charge is -2.35. The number of alkyl carbamates (subject to hydrolysis) is 1. The van der Waals surface area contributed by atoms with Gasteiger partial charge in [0.1, 0.15) is 29.3 Å². The van der Waals surface area contributed by atoms with Crippen LogP contribution in [0.3, 0.4) is 0 Å². The van der Waals surface area contributed by atoms with E-state index in [-0.39, 0.29) is 18.9 Å². The fourth-order valence-electron chi connectivity index (χ4n) is 4.78. The SMILES string of the molecule is C=CCN(C(=O)C(CC(C)C)NC(=O)OC(C)(C)C)C(C(=O)NC(Cc1ccccc1)C(=O)OC(C)(C)C)c1cccc(C)c1. The number of ether oxygens (including phenoxy) is 2. The number of carbonyl (C=O) groups excluding carboxylic acids is 4. The zero-order chi connectivity index (χ0) is 33.9. The molecule has 2 N–H and O–H groups in total. The molecule has 9 heteroatoms. The normalized spacial score (nSPS) is 13.6. The van der Waals surface area contributed by atoms with Crippen molar-refractivity contribution in [3.05, 3.63) is 83.9 Å². The molecule has 2 rings (SSSR count). The van der Waals surface area contributed by atoms with Gasteiger partial charge in [0.15, 0.2) is 0 Å². The van der Waals surface area contributed by atoms with Crippen LogP contribution in [0.15, 0.2) is 67.3 Å². The van der Waals surface area contributed by atoms with Gasteiger partial charge in [-0.1, -0.05) is 80.1 Å². The predicted molar refractivity (Wildman–Crippen MR) is 176 cm³/mol. The molecule has 0 aliphatic rings. The van der Waals surface area contributed by atoms with Gasteiger partial charge in [0.25, 0.3) is 0 Å². The summed E-state index contributed by atoms with van der Waals surface area (Å²) >= 11 is 0. The van der Waals surface area contributed by atoms with E-state index in [0.717, 1.165) is 11.1 Å². The first kappa shape index (κ1) is 37.0. The number of amides is 3. The standard InChI is InChI=1S/C36H51N3O6/c1-11-20-39(32(41)28(21-24(2)3)38-34(43)45-36(8,9)10)30(27-19-15-16-25(4)22-27)31(40)37-29(33(42)44-35(5,6)7)23-26-17-13-12-14-18-26/h11-19,22,24,28-30H,1,20-21,23H2,2-10H3,(H,37,40)(H,38,43). The molecule has 0 radical (unpaired) electrons. The molecule has 3 atom stereocenters. The fraction of sp³-hybridized carbons (Fsp3) is 0.500. The highest BCUT2D eigenvalue weighted by molar-refractivity contribution is 5.94. The molecule has 0 aliphatic carbocycles. The Kier molecular flexibility index (Phi) is 13.4. The maximum absolute atomic E-state index is 14.3. The maximum Gasteiger partial charge on any atom is 0.408 e. The van der Waals surface area contributed by atoms with E-state index in [2.05, 4.69) is 17.2 Å². The second kappa shape index (κ2) is 16.3. The van der Waals surface area contributed by atoms with Gasteiger partial charge >= 0.3 is 12.1 Å². The van der Waals surface area contributed by atoms with Crippen LogP contribution in [0.1, 0.15) is 84.5 Å². The Morgan fingerprint density at radius 3 is 2.02 bits per heavy atom. The minimum Gasteiger partial charge on any atom is -0.458 e. The summed E-state index contributed by atoms with van der Waals surface area (Å²) in [5.74, 6) is -1.60. The largest absolute Gasteiger partial charge is 0.458 e. The molecular weight excluding hydrogens is 570 g/mol. The van der Waals surface area contributed by atoms with Crippen molar-refractivity contribution in [3.8, 4) is 0 Å². The van der Waals surface area contributed by atoms with Crippen LogP contribution in [-0.4, -0.2) is 58.6 Å². The number of nitrogens with zero attached hydrogens (tertiary/aromatic N) is 1. The molecule has 0 aliphatic heterocycles. The van der Waals surface area contributed by atoms with Crippen molar-refractivity contribution >= 4 is 23.9 Å². The summed E-state index contributed by atoms with van der Waals surface area (Å²) in [6, 6.07) is 13.5. The third kappa shape index (κ3) is 12.8. The highest BCUT2D eigenvalue weighted by atomic mass is 16.6. The molecule has 3 unspecified atom stereocenters. The van der Waals surface area contributed by atoms with Crippen molar-refractivity contribution in [3.63, 3.8) is 0 Å². The van der Waals surface area contributed by atoms with Gasteiger partial charge in [0.05, 0.1) is 0 Å². The average molecular weight is 622 g/mol. The van der Waals surface area contributed by atoms with Gasteiger partial charge in [-0.15, -0.1) is 6.58 Å². The van der Waals surface area contributed by atoms with Crippen LogP contribution in [0.4, 0.5) is 4.79 Å². The second-order valence-electron chi connectivity index (χ2n) is 13.7. The Balaban J connectivity index is 2.58. The van der Waals surface area contributed by atoms with Crippen LogP contribution in [0, 0.1) is 12.8 Å². The van der Waals surface area contributed by atoms with E-state index in [9.17, 15) is 19.2 Å². The topological polar surface area (TPSA) is 114 Å². The summed E-state index contributed by atoms with van der Waals surface area (Å²) in [7, 11) is 0. The number of nitrogens with one attached hydrogen (secondary N) is 2. The summed E-state index contributed by atoms with van der Waals surface area (Å²) in [5.41, 5.74) is 0.712. The molecule has 2 aromatic carbocycles. The Hall–Kier alpha value is -4.14. The predicted octanol–water partition coefficient (Wildman–Crippen LogP) is 6.06. The van der Waals surface area contributed by atoms with E-state index in [1.54, 1.807) is 53.7 Å². The first-order valence-corrected chi connectivity index (χ1v) is 15.4. The highest BCUT2D eigenvalue weighted by Crippen LogP contribution is 2.25. The zero-order valence-electron chi connectivity index (χ0n) is 28.3. The van der Waals surface area contributed by atoms with E-state index in [4.69, 9.17) is 9.47 Å². The van der Waals surface area contributed by atoms with Crippen LogP contribution in [0.25, 0.3) is 0 Å². The van der Waals surface area contributed by atoms with E-state index in [1.807, 2.05) is 63.2 Å². The molecule has 45 heavy (non-hydrogen) atoms. The summed E-state index contributed by atoms with van der Waals surface area (Å²) in [5, 5.41) is 5.62. The lowest BCUT2D eigenvalue weighted by Crippen LogP contribution is -2.55. The Morgan fingerprint density at radius 1 is 0.867 bits per heavy atom. The number of aryl methyl sites for hydroxylation is 1. The van der Waals surface area contributed by atoms with E-state index in [0.29, 0.717) is 12.0 Å². The second-order valence-corrected chi connectivity index (χ2v) is 13.7. The van der Waals surface area contributed by atoms with Crippen molar-refractivity contribution in [1.82, 2.24) is 15.5 Å². The Morgan fingerprint density at radius 2 is 1.49 bits per heavy atom. The van der Waals surface area contributed by atoms with Gasteiger partial charge < -0.3 is 25.0 Å². The summed E-state index contributed by atoms with van der Waals surface area (Å²) in [4.78, 5) is 56.3. The molecule has 0 heterocycles. The van der Waals surface area contributed by atoms with Gasteiger partial charge in [-0.25, -0.2) is 9.59 Å². The van der Waals surface area contributed by atoms with E-state index < -0.39 is 53.2 Å². The van der Waals surface area contributed by atoms with Crippen molar-refractivity contribution in [2.45, 2.75) is 104 Å². The van der Waals surface area contributed by atoms with Gasteiger partial charge in [-0.05, 0) is 71.9 Å². The Labute approximate surface area is 268 Å². The molecule has 0 bridgehead atoms. The number of benzene rings is 2. The van der Waals surface area contributed by atoms with Crippen LogP contribution in [-0.2, 0) is 30.3 Å². The van der Waals surface area contributed by atoms with Crippen LogP contribution >= 0.6 is 0 Å². The van der Waals surface area contributed by atoms with Gasteiger partial charge in [0, 0.05) is 13.0 Å². The third-order valence-corrected chi connectivity index (χ3v) is 6.51. The van der Waals surface area contributed by atoms with Gasteiger partial charge in [-0.2, -0.15) is 0 Å². The van der Waals surface area contributed by atoms with Crippen LogP contribution < -0.4 is 10.6 Å². The third-order valence-electron chi connectivity index (χ3n) is 6.51. The molecule has 9 nitrogen and oxygen atoms in total. The molecule has 0 saturated carbocycles. The number of rotatable bonds is 13. The first-order chi connectivity index (χ1) is 20.9. The highest BCUT2D eigenvalue weighted by Gasteiger charge is 2.38. The van der Waals surface area contributed by atoms with E-state index >= 15 is 0 Å². The smallest absolute Gasteiger partial charge is 0.408 e. The first-order valence-electron chi connectivity index (χ1n) is 15.4. The van der Waals surface area contributed by atoms with Gasteiger partial charge in [0.2, 0.25) is 11.8 Å². The molecule has 0 saturated heterocycles. The molecule has 0 spiro atoms. The minimum absolute atomic E-state index is 0.00520. The maximum atomic E-state index is 14.3. The monoisotopic (exact) mass is 621 g/mol. The van der Waals surface area contributed by atoms with Crippen molar-refractivity contribution in [2.24, 2.45) is 5.92 Å². The zero-order valence-corrected chi connectivity index (χ0v) is 28.3. The summed E-state index contributed by atoms with van der Waals surface area (Å²) in [6.45, 7) is 20.1. The number of hydrogen-bond donors (Lipinski definition) is 2. The van der Waals surface area contributed by atoms with Crippen LogP contribution in [0.5, 0.6) is 0 Å². The van der Waals surface area contributed by atoms with Crippen molar-refractivity contribution < 1.29 is 28.7 Å². The molecule has 246 valence electrons. The number of carbonyl (C=O) groups is 4. The Bertz CT molecular complexity index is 1310. The van der Waals surface area contributed by atoms with Crippen LogP contribution in [0.2, 0.25) is 0 Å².